The maximum Gasteiger partial charge on any atom is 0.243 e. The molecule has 1 aromatic carbocycles. The Kier molecular flexibility index (Phi) is 10.5. The van der Waals surface area contributed by atoms with E-state index < -0.39 is 10.0 Å². The van der Waals surface area contributed by atoms with Crippen LogP contribution in [-0.4, -0.2) is 45.5 Å². The largest absolute Gasteiger partial charge is 1.00 e. The molecule has 1 heterocycles. The van der Waals surface area contributed by atoms with Crippen LogP contribution in [0.5, 0.6) is 5.75 Å². The summed E-state index contributed by atoms with van der Waals surface area (Å²) in [6.45, 7) is 4.52. The molecule has 0 spiro atoms. The van der Waals surface area contributed by atoms with E-state index in [4.69, 9.17) is 4.74 Å². The number of sulfonamides is 1. The number of quaternary nitrogens is 1. The molecule has 1 atom stereocenters. The molecule has 150 valence electrons. The maximum absolute atomic E-state index is 13.0. The Morgan fingerprint density at radius 1 is 1.12 bits per heavy atom. The van der Waals surface area contributed by atoms with Gasteiger partial charge in [-0.3, -0.25) is 0 Å². The molecule has 5 nitrogen and oxygen atoms in total. The molecule has 1 fully saturated rings. The minimum Gasteiger partial charge on any atom is -1.00 e. The van der Waals surface area contributed by atoms with Crippen LogP contribution in [0.4, 0.5) is 0 Å². The summed E-state index contributed by atoms with van der Waals surface area (Å²) in [6, 6.07) is 6.83. The Labute approximate surface area is 165 Å². The monoisotopic (exact) mass is 404 g/mol. The molecule has 26 heavy (non-hydrogen) atoms. The smallest absolute Gasteiger partial charge is 0.243 e. The van der Waals surface area contributed by atoms with E-state index in [0.717, 1.165) is 25.9 Å². The normalized spacial score (nSPS) is 18.3. The zero-order chi connectivity index (χ0) is 18.1. The zero-order valence-electron chi connectivity index (χ0n) is 16.0. The molecular formula is C19H33ClN2O3S. The number of hydrogen-bond donors (Lipinski definition) is 1. The van der Waals surface area contributed by atoms with Crippen molar-refractivity contribution < 1.29 is 30.9 Å². The van der Waals surface area contributed by atoms with E-state index in [1.165, 1.54) is 32.1 Å². The second-order valence-electron chi connectivity index (χ2n) is 6.81. The molecule has 1 aliphatic heterocycles. The van der Waals surface area contributed by atoms with Gasteiger partial charge in [0.1, 0.15) is 5.75 Å². The summed E-state index contributed by atoms with van der Waals surface area (Å²) in [4.78, 5) is 0.364. The first kappa shape index (κ1) is 23.2. The van der Waals surface area contributed by atoms with Gasteiger partial charge in [-0.15, -0.1) is 0 Å². The van der Waals surface area contributed by atoms with Crippen LogP contribution in [0.25, 0.3) is 0 Å². The fourth-order valence-electron chi connectivity index (χ4n) is 3.45. The van der Waals surface area contributed by atoms with Crippen LogP contribution in [-0.2, 0) is 10.0 Å². The third-order valence-corrected chi connectivity index (χ3v) is 6.92. The fraction of sp³-hybridized carbons (Fsp3) is 0.684. The first-order chi connectivity index (χ1) is 12.1. The van der Waals surface area contributed by atoms with E-state index in [1.54, 1.807) is 35.7 Å². The number of rotatable bonds is 10. The minimum atomic E-state index is -3.43. The highest BCUT2D eigenvalue weighted by atomic mass is 35.5. The average molecular weight is 405 g/mol. The van der Waals surface area contributed by atoms with E-state index in [2.05, 4.69) is 12.2 Å². The van der Waals surface area contributed by atoms with Crippen LogP contribution < -0.4 is 22.5 Å². The Bertz CT molecular complexity index is 608. The summed E-state index contributed by atoms with van der Waals surface area (Å²) in [5.41, 5.74) is 0. The molecule has 1 saturated heterocycles. The van der Waals surface area contributed by atoms with Gasteiger partial charge in [-0.05, 0) is 30.7 Å². The minimum absolute atomic E-state index is 0. The fourth-order valence-corrected chi connectivity index (χ4v) is 5.13. The number of benzene rings is 1. The summed E-state index contributed by atoms with van der Waals surface area (Å²) in [5, 5.41) is 2.24. The quantitative estimate of drug-likeness (QED) is 0.529. The molecule has 0 radical (unpaired) electrons. The highest BCUT2D eigenvalue weighted by Gasteiger charge is 2.34. The van der Waals surface area contributed by atoms with Crippen LogP contribution >= 0.6 is 0 Å². The molecular weight excluding hydrogens is 372 g/mol. The topological polar surface area (TPSA) is 63.2 Å². The number of piperazine rings is 1. The Hall–Kier alpha value is -0.820. The SMILES string of the molecule is CCCCCCCCC1C[NH2+]CCN1S(=O)(=O)c1ccc(OC)cc1.[Cl-]. The second kappa shape index (κ2) is 11.8. The molecule has 0 aliphatic carbocycles. The standard InChI is InChI=1S/C19H32N2O3S.ClH/c1-3-4-5-6-7-8-9-17-16-20-14-15-21(17)25(22,23)19-12-10-18(24-2)11-13-19;/h10-13,17,20H,3-9,14-16H2,1-2H3;1H. The molecule has 1 aliphatic rings. The summed E-state index contributed by atoms with van der Waals surface area (Å²) < 4.78 is 32.9. The Balaban J connectivity index is 0.00000338. The van der Waals surface area contributed by atoms with Gasteiger partial charge in [-0.1, -0.05) is 45.4 Å². The van der Waals surface area contributed by atoms with Gasteiger partial charge in [0.05, 0.1) is 37.7 Å². The predicted octanol–water partition coefficient (Wildman–Crippen LogP) is -0.614. The first-order valence-electron chi connectivity index (χ1n) is 9.57. The van der Waals surface area contributed by atoms with Crippen molar-refractivity contribution in [2.45, 2.75) is 62.8 Å². The summed E-state index contributed by atoms with van der Waals surface area (Å²) >= 11 is 0. The van der Waals surface area contributed by atoms with Crippen molar-refractivity contribution in [3.05, 3.63) is 24.3 Å². The number of nitrogens with two attached hydrogens (primary N) is 1. The first-order valence-corrected chi connectivity index (χ1v) is 11.0. The van der Waals surface area contributed by atoms with Gasteiger partial charge >= 0.3 is 0 Å². The van der Waals surface area contributed by atoms with Crippen molar-refractivity contribution in [1.29, 1.82) is 0 Å². The molecule has 0 amide bonds. The lowest BCUT2D eigenvalue weighted by Gasteiger charge is -2.33. The van der Waals surface area contributed by atoms with Crippen molar-refractivity contribution in [2.75, 3.05) is 26.7 Å². The van der Waals surface area contributed by atoms with Crippen molar-refractivity contribution >= 4 is 10.0 Å². The van der Waals surface area contributed by atoms with E-state index in [-0.39, 0.29) is 18.4 Å². The number of nitrogens with zero attached hydrogens (tertiary/aromatic N) is 1. The second-order valence-corrected chi connectivity index (χ2v) is 8.71. The van der Waals surface area contributed by atoms with E-state index >= 15 is 0 Å². The molecule has 0 bridgehead atoms. The molecule has 0 aromatic heterocycles. The lowest BCUT2D eigenvalue weighted by molar-refractivity contribution is -0.667. The summed E-state index contributed by atoms with van der Waals surface area (Å²) in [6.07, 6.45) is 8.37. The third-order valence-electron chi connectivity index (χ3n) is 4.96. The predicted molar refractivity (Wildman–Crippen MR) is 100 cm³/mol. The van der Waals surface area contributed by atoms with Gasteiger partial charge in [-0.2, -0.15) is 4.31 Å². The van der Waals surface area contributed by atoms with E-state index in [0.29, 0.717) is 17.2 Å². The van der Waals surface area contributed by atoms with Crippen LogP contribution in [0, 0.1) is 0 Å². The maximum atomic E-state index is 13.0. The molecule has 1 unspecified atom stereocenters. The number of methoxy groups -OCH3 is 1. The molecule has 2 N–H and O–H groups in total. The van der Waals surface area contributed by atoms with Crippen molar-refractivity contribution in [1.82, 2.24) is 4.31 Å². The van der Waals surface area contributed by atoms with Crippen LogP contribution in [0.2, 0.25) is 0 Å². The lowest BCUT2D eigenvalue weighted by Crippen LogP contribution is -3.00. The van der Waals surface area contributed by atoms with Crippen LogP contribution in [0.3, 0.4) is 0 Å². The van der Waals surface area contributed by atoms with Gasteiger partial charge in [0.15, 0.2) is 0 Å². The van der Waals surface area contributed by atoms with Gasteiger partial charge < -0.3 is 22.5 Å². The van der Waals surface area contributed by atoms with Crippen molar-refractivity contribution in [3.8, 4) is 5.75 Å². The molecule has 2 rings (SSSR count). The Morgan fingerprint density at radius 3 is 2.42 bits per heavy atom. The van der Waals surface area contributed by atoms with Gasteiger partial charge in [0.25, 0.3) is 0 Å². The highest BCUT2D eigenvalue weighted by Crippen LogP contribution is 2.23. The van der Waals surface area contributed by atoms with E-state index in [1.807, 2.05) is 0 Å². The van der Waals surface area contributed by atoms with Crippen LogP contribution in [0.1, 0.15) is 51.9 Å². The van der Waals surface area contributed by atoms with Crippen LogP contribution in [0.15, 0.2) is 29.2 Å². The average Bonchev–Trinajstić information content (AvgIpc) is 2.65. The number of hydrogen-bond acceptors (Lipinski definition) is 3. The summed E-state index contributed by atoms with van der Waals surface area (Å²) in [5.74, 6) is 0.676. The van der Waals surface area contributed by atoms with Crippen molar-refractivity contribution in [2.24, 2.45) is 0 Å². The molecule has 0 saturated carbocycles. The highest BCUT2D eigenvalue weighted by molar-refractivity contribution is 7.89. The Morgan fingerprint density at radius 2 is 1.77 bits per heavy atom. The van der Waals surface area contributed by atoms with Gasteiger partial charge in [-0.25, -0.2) is 8.42 Å². The number of unbranched alkanes of at least 4 members (excludes halogenated alkanes) is 5. The third kappa shape index (κ3) is 6.41. The summed E-state index contributed by atoms with van der Waals surface area (Å²) in [7, 11) is -1.85. The van der Waals surface area contributed by atoms with Crippen molar-refractivity contribution in [3.63, 3.8) is 0 Å². The molecule has 1 aromatic rings. The number of ether oxygens (including phenoxy) is 1. The lowest BCUT2D eigenvalue weighted by atomic mass is 10.0. The van der Waals surface area contributed by atoms with Gasteiger partial charge in [0, 0.05) is 0 Å². The zero-order valence-corrected chi connectivity index (χ0v) is 17.6. The van der Waals surface area contributed by atoms with Gasteiger partial charge in [0.2, 0.25) is 10.0 Å². The number of halogens is 1. The molecule has 7 heteroatoms. The van der Waals surface area contributed by atoms with E-state index in [9.17, 15) is 8.42 Å².